The van der Waals surface area contributed by atoms with Crippen LogP contribution in [-0.2, 0) is 22.4 Å². The third kappa shape index (κ3) is 4.87. The number of carboxylic acids is 1. The summed E-state index contributed by atoms with van der Waals surface area (Å²) < 4.78 is 0.881. The number of anilines is 1. The maximum absolute atomic E-state index is 12.6. The molecule has 0 bridgehead atoms. The second-order valence-corrected chi connectivity index (χ2v) is 7.42. The van der Waals surface area contributed by atoms with E-state index in [0.29, 0.717) is 11.3 Å². The van der Waals surface area contributed by atoms with E-state index in [4.69, 9.17) is 0 Å². The zero-order valence-electron chi connectivity index (χ0n) is 15.4. The predicted octanol–water partition coefficient (Wildman–Crippen LogP) is 5.23. The Morgan fingerprint density at radius 2 is 1.57 bits per heavy atom. The van der Waals surface area contributed by atoms with Crippen molar-refractivity contribution in [1.82, 2.24) is 0 Å². The Hall–Kier alpha value is -2.92. The number of nitrogens with one attached hydrogen (secondary N) is 1. The van der Waals surface area contributed by atoms with Crippen LogP contribution in [0.2, 0.25) is 0 Å². The summed E-state index contributed by atoms with van der Waals surface area (Å²) in [6, 6.07) is 21.1. The van der Waals surface area contributed by atoms with Gasteiger partial charge in [0.15, 0.2) is 0 Å². The minimum atomic E-state index is -0.904. The lowest BCUT2D eigenvalue weighted by Crippen LogP contribution is -2.16. The number of amides is 1. The lowest BCUT2D eigenvalue weighted by molar-refractivity contribution is -0.136. The van der Waals surface area contributed by atoms with Crippen molar-refractivity contribution in [2.75, 3.05) is 5.32 Å². The van der Waals surface area contributed by atoms with Crippen LogP contribution in [-0.4, -0.2) is 17.0 Å². The highest BCUT2D eigenvalue weighted by Crippen LogP contribution is 2.29. The fourth-order valence-electron chi connectivity index (χ4n) is 3.06. The number of aliphatic carboxylic acids is 1. The van der Waals surface area contributed by atoms with E-state index < -0.39 is 5.97 Å². The number of carbonyl (C=O) groups excluding carboxylic acids is 1. The molecule has 28 heavy (non-hydrogen) atoms. The van der Waals surface area contributed by atoms with Crippen molar-refractivity contribution in [3.8, 4) is 11.1 Å². The first-order valence-corrected chi connectivity index (χ1v) is 9.67. The van der Waals surface area contributed by atoms with Gasteiger partial charge in [-0.25, -0.2) is 0 Å². The van der Waals surface area contributed by atoms with Gasteiger partial charge in [-0.15, -0.1) is 0 Å². The molecule has 0 aliphatic heterocycles. The van der Waals surface area contributed by atoms with Gasteiger partial charge in [0.1, 0.15) is 0 Å². The van der Waals surface area contributed by atoms with E-state index in [1.54, 1.807) is 0 Å². The molecule has 0 unspecified atom stereocenters. The van der Waals surface area contributed by atoms with Gasteiger partial charge in [0.05, 0.1) is 12.8 Å². The third-order valence-corrected chi connectivity index (χ3v) is 5.32. The van der Waals surface area contributed by atoms with Crippen LogP contribution in [0.15, 0.2) is 71.2 Å². The predicted molar refractivity (Wildman–Crippen MR) is 114 cm³/mol. The molecule has 0 atom stereocenters. The molecular weight excluding hydrogens is 418 g/mol. The molecule has 0 spiro atoms. The van der Waals surface area contributed by atoms with Gasteiger partial charge in [0.25, 0.3) is 0 Å². The summed E-state index contributed by atoms with van der Waals surface area (Å²) in [7, 11) is 0. The Morgan fingerprint density at radius 3 is 2.25 bits per heavy atom. The van der Waals surface area contributed by atoms with Gasteiger partial charge in [0.2, 0.25) is 5.91 Å². The zero-order valence-corrected chi connectivity index (χ0v) is 17.0. The Balaban J connectivity index is 1.93. The van der Waals surface area contributed by atoms with Crippen molar-refractivity contribution < 1.29 is 14.7 Å². The molecule has 2 N–H and O–H groups in total. The number of halogens is 1. The summed E-state index contributed by atoms with van der Waals surface area (Å²) in [5, 5.41) is 12.2. The van der Waals surface area contributed by atoms with Gasteiger partial charge >= 0.3 is 5.97 Å². The largest absolute Gasteiger partial charge is 0.481 e. The smallest absolute Gasteiger partial charge is 0.307 e. The number of carbonyl (C=O) groups is 2. The second kappa shape index (κ2) is 8.85. The van der Waals surface area contributed by atoms with Gasteiger partial charge in [-0.05, 0) is 46.9 Å². The molecule has 1 amide bonds. The minimum absolute atomic E-state index is 0.0976. The summed E-state index contributed by atoms with van der Waals surface area (Å²) in [5.41, 5.74) is 4.82. The molecule has 4 nitrogen and oxygen atoms in total. The minimum Gasteiger partial charge on any atom is -0.481 e. The van der Waals surface area contributed by atoms with Crippen LogP contribution < -0.4 is 5.32 Å². The van der Waals surface area contributed by atoms with E-state index in [9.17, 15) is 14.7 Å². The standard InChI is InChI=1S/C23H20BrNO3/c1-15-18(14-23(27)28)11-19(16-7-3-2-4-8-16)12-21(15)25-22(26)13-17-9-5-6-10-20(17)24/h2-12H,13-14H2,1H3,(H,25,26)(H,27,28). The molecule has 3 aromatic carbocycles. The summed E-state index contributed by atoms with van der Waals surface area (Å²) in [6.45, 7) is 1.83. The van der Waals surface area contributed by atoms with Crippen LogP contribution in [0, 0.1) is 6.92 Å². The summed E-state index contributed by atoms with van der Waals surface area (Å²) in [4.78, 5) is 23.9. The molecule has 0 saturated heterocycles. The van der Waals surface area contributed by atoms with Gasteiger partial charge in [-0.3, -0.25) is 9.59 Å². The van der Waals surface area contributed by atoms with Gasteiger partial charge in [-0.2, -0.15) is 0 Å². The number of carboxylic acid groups (broad SMARTS) is 1. The average molecular weight is 438 g/mol. The molecule has 0 saturated carbocycles. The van der Waals surface area contributed by atoms with E-state index in [-0.39, 0.29) is 18.7 Å². The van der Waals surface area contributed by atoms with Crippen LogP contribution >= 0.6 is 15.9 Å². The van der Waals surface area contributed by atoms with Crippen molar-refractivity contribution >= 4 is 33.5 Å². The van der Waals surface area contributed by atoms with E-state index in [1.807, 2.05) is 73.7 Å². The topological polar surface area (TPSA) is 66.4 Å². The monoisotopic (exact) mass is 437 g/mol. The molecule has 3 rings (SSSR count). The van der Waals surface area contributed by atoms with Gasteiger partial charge in [-0.1, -0.05) is 70.5 Å². The Bertz CT molecular complexity index is 1020. The number of hydrogen-bond donors (Lipinski definition) is 2. The molecule has 0 heterocycles. The van der Waals surface area contributed by atoms with Crippen molar-refractivity contribution in [2.24, 2.45) is 0 Å². The Labute approximate surface area is 172 Å². The fourth-order valence-corrected chi connectivity index (χ4v) is 3.48. The summed E-state index contributed by atoms with van der Waals surface area (Å²) >= 11 is 3.46. The number of benzene rings is 3. The van der Waals surface area contributed by atoms with Crippen molar-refractivity contribution in [3.05, 3.63) is 87.9 Å². The lowest BCUT2D eigenvalue weighted by Gasteiger charge is -2.15. The number of rotatable bonds is 6. The molecule has 142 valence electrons. The van der Waals surface area contributed by atoms with Crippen molar-refractivity contribution in [3.63, 3.8) is 0 Å². The van der Waals surface area contributed by atoms with Crippen LogP contribution in [0.25, 0.3) is 11.1 Å². The highest BCUT2D eigenvalue weighted by atomic mass is 79.9. The van der Waals surface area contributed by atoms with Crippen molar-refractivity contribution in [2.45, 2.75) is 19.8 Å². The second-order valence-electron chi connectivity index (χ2n) is 6.56. The first-order chi connectivity index (χ1) is 13.4. The zero-order chi connectivity index (χ0) is 20.1. The summed E-state index contributed by atoms with van der Waals surface area (Å²) in [5.74, 6) is -1.06. The third-order valence-electron chi connectivity index (χ3n) is 4.55. The van der Waals surface area contributed by atoms with Crippen LogP contribution in [0.1, 0.15) is 16.7 Å². The maximum atomic E-state index is 12.6. The maximum Gasteiger partial charge on any atom is 0.307 e. The van der Waals surface area contributed by atoms with Crippen LogP contribution in [0.4, 0.5) is 5.69 Å². The first kappa shape index (κ1) is 19.8. The molecule has 0 aliphatic rings. The van der Waals surface area contributed by atoms with E-state index in [2.05, 4.69) is 21.2 Å². The molecule has 3 aromatic rings. The molecule has 5 heteroatoms. The normalized spacial score (nSPS) is 10.5. The Morgan fingerprint density at radius 1 is 0.893 bits per heavy atom. The molecule has 0 aliphatic carbocycles. The molecule has 0 aromatic heterocycles. The van der Waals surface area contributed by atoms with Gasteiger partial charge < -0.3 is 10.4 Å². The molecule has 0 radical (unpaired) electrons. The van der Waals surface area contributed by atoms with E-state index in [1.165, 1.54) is 0 Å². The van der Waals surface area contributed by atoms with E-state index >= 15 is 0 Å². The highest BCUT2D eigenvalue weighted by Gasteiger charge is 2.14. The highest BCUT2D eigenvalue weighted by molar-refractivity contribution is 9.10. The first-order valence-electron chi connectivity index (χ1n) is 8.88. The van der Waals surface area contributed by atoms with Crippen LogP contribution in [0.3, 0.4) is 0 Å². The molecule has 0 fully saturated rings. The SMILES string of the molecule is Cc1c(CC(=O)O)cc(-c2ccccc2)cc1NC(=O)Cc1ccccc1Br. The molecular formula is C23H20BrNO3. The van der Waals surface area contributed by atoms with E-state index in [0.717, 1.165) is 26.7 Å². The quantitative estimate of drug-likeness (QED) is 0.554. The average Bonchev–Trinajstić information content (AvgIpc) is 2.67. The van der Waals surface area contributed by atoms with Crippen molar-refractivity contribution in [1.29, 1.82) is 0 Å². The Kier molecular flexibility index (Phi) is 6.26. The van der Waals surface area contributed by atoms with Gasteiger partial charge in [0, 0.05) is 10.2 Å². The summed E-state index contributed by atoms with van der Waals surface area (Å²) in [6.07, 6.45) is 0.129. The lowest BCUT2D eigenvalue weighted by atomic mass is 9.96. The fraction of sp³-hybridized carbons (Fsp3) is 0.130. The number of hydrogen-bond acceptors (Lipinski definition) is 2. The van der Waals surface area contributed by atoms with Crippen LogP contribution in [0.5, 0.6) is 0 Å².